The second-order valence-electron chi connectivity index (χ2n) is 2.46. The summed E-state index contributed by atoms with van der Waals surface area (Å²) in [7, 11) is 3.04. The third-order valence-corrected chi connectivity index (χ3v) is 1.68. The Morgan fingerprint density at radius 3 is 2.79 bits per heavy atom. The fourth-order valence-corrected chi connectivity index (χ4v) is 1.05. The van der Waals surface area contributed by atoms with Gasteiger partial charge in [0.05, 0.1) is 5.56 Å². The van der Waals surface area contributed by atoms with Crippen LogP contribution in [0.25, 0.3) is 11.0 Å². The molecule has 6 heteroatoms. The van der Waals surface area contributed by atoms with E-state index in [0.717, 1.165) is 0 Å². The number of hydrogen-bond donors (Lipinski definition) is 1. The fourth-order valence-electron chi connectivity index (χ4n) is 1.05. The number of benzene rings is 1. The molecule has 0 bridgehead atoms. The summed E-state index contributed by atoms with van der Waals surface area (Å²) in [5, 5.41) is 10.1. The minimum absolute atomic E-state index is 0. The van der Waals surface area contributed by atoms with Crippen molar-refractivity contribution in [1.82, 2.24) is 15.4 Å². The minimum Gasteiger partial charge on any atom is -0.637 e. The first-order chi connectivity index (χ1) is 6.31. The van der Waals surface area contributed by atoms with Gasteiger partial charge in [0.1, 0.15) is 11.0 Å². The van der Waals surface area contributed by atoms with Gasteiger partial charge < -0.3 is 4.74 Å². The number of ether oxygens (including phenoxy) is 1. The van der Waals surface area contributed by atoms with Crippen molar-refractivity contribution in [2.24, 2.45) is 0 Å². The average molecular weight is 443 g/mol. The van der Waals surface area contributed by atoms with E-state index < -0.39 is 5.97 Å². The number of H-pyrrole nitrogens is 1. The van der Waals surface area contributed by atoms with Crippen LogP contribution in [0.2, 0.25) is 0 Å². The number of rotatable bonds is 1. The zero-order chi connectivity index (χ0) is 9.26. The van der Waals surface area contributed by atoms with Crippen LogP contribution in [0.4, 0.5) is 0 Å². The van der Waals surface area contributed by atoms with Gasteiger partial charge in [0.25, 0.3) is 0 Å². The summed E-state index contributed by atoms with van der Waals surface area (Å²) in [6, 6.07) is 4.88. The summed E-state index contributed by atoms with van der Waals surface area (Å²) in [5.41, 5.74) is 1.75. The predicted octanol–water partition coefficient (Wildman–Crippen LogP) is 0.906. The Balaban J connectivity index is 0.000000980. The molecule has 0 spiro atoms. The first-order valence-corrected chi connectivity index (χ1v) is 3.58. The van der Waals surface area contributed by atoms with Crippen LogP contribution in [0.3, 0.4) is 0 Å². The molecule has 0 aliphatic carbocycles. The van der Waals surface area contributed by atoms with Gasteiger partial charge in [0, 0.05) is 0 Å². The Bertz CT molecular complexity index is 455. The second-order valence-corrected chi connectivity index (χ2v) is 2.46. The maximum absolute atomic E-state index is 11.0. The molecule has 2 rings (SSSR count). The van der Waals surface area contributed by atoms with Crippen molar-refractivity contribution in [3.63, 3.8) is 0 Å². The molecule has 1 aromatic heterocycles. The van der Waals surface area contributed by atoms with Crippen LogP contribution in [0.15, 0.2) is 18.2 Å². The molecular weight excluding hydrogens is 437 g/mol. The van der Waals surface area contributed by atoms with E-state index in [1.54, 1.807) is 18.2 Å². The molecule has 14 heavy (non-hydrogen) atoms. The Hall–Kier alpha value is -2.91. The number of nitrogens with one attached hydrogen (secondary N) is 1. The Labute approximate surface area is 73.7 Å². The molecule has 0 saturated heterocycles. The van der Waals surface area contributed by atoms with Crippen molar-refractivity contribution in [2.75, 3.05) is 0 Å². The van der Waals surface area contributed by atoms with Crippen LogP contribution in [0, 0.1) is 7.11 Å². The molecular formula is C8H6N3O2Rf-. The maximum atomic E-state index is 11.0. The molecule has 0 radical (unpaired) electrons. The molecule has 0 aliphatic heterocycles. The normalized spacial score (nSPS) is 9.50. The molecule has 0 fully saturated rings. The van der Waals surface area contributed by atoms with Gasteiger partial charge in [0.2, 0.25) is 0 Å². The van der Waals surface area contributed by atoms with E-state index in [2.05, 4.69) is 27.3 Å². The molecule has 0 aliphatic rings. The monoisotopic (exact) mass is 443 g/mol. The largest absolute Gasteiger partial charge is 0.637 e. The molecule has 0 unspecified atom stereocenters. The van der Waals surface area contributed by atoms with Crippen molar-refractivity contribution in [3.05, 3.63) is 30.9 Å². The van der Waals surface area contributed by atoms with Gasteiger partial charge in [-0.25, -0.2) is 4.79 Å². The second kappa shape index (κ2) is 3.22. The van der Waals surface area contributed by atoms with E-state index in [0.29, 0.717) is 16.6 Å². The van der Waals surface area contributed by atoms with Crippen LogP contribution >= 0.6 is 0 Å². The average Bonchev–Trinajstić information content (AvgIpc) is 2.63. The maximum Gasteiger partial charge on any atom is 0.306 e. The third kappa shape index (κ3) is 1.22. The van der Waals surface area contributed by atoms with E-state index in [9.17, 15) is 4.79 Å². The quantitative estimate of drug-likeness (QED) is 0.526. The summed E-state index contributed by atoms with van der Waals surface area (Å²) in [4.78, 5) is 11.0. The fraction of sp³-hybridized carbons (Fsp3) is 0. The molecule has 0 saturated carbocycles. The summed E-state index contributed by atoms with van der Waals surface area (Å²) in [6.07, 6.45) is 0. The smallest absolute Gasteiger partial charge is 0.306 e. The molecule has 1 aromatic carbocycles. The molecule has 0 amide bonds. The van der Waals surface area contributed by atoms with Crippen molar-refractivity contribution in [1.29, 1.82) is 0 Å². The van der Waals surface area contributed by atoms with Gasteiger partial charge in [-0.15, -0.1) is 0 Å². The number of carbonyl (C=O) groups excluding carboxylic acids is 1. The Kier molecular flexibility index (Phi) is 2.11. The molecule has 1 heterocycles. The van der Waals surface area contributed by atoms with Crippen LogP contribution in [0.1, 0.15) is 10.4 Å². The van der Waals surface area contributed by atoms with E-state index in [-0.39, 0.29) is 0 Å². The Morgan fingerprint density at radius 2 is 2.07 bits per heavy atom. The zero-order valence-electron chi connectivity index (χ0n) is 7.36. The zero-order valence-corrected chi connectivity index (χ0v) is 13.8. The van der Waals surface area contributed by atoms with Gasteiger partial charge in [-0.1, -0.05) is 0 Å². The standard InChI is InChI=1S/C8H6N3O2.Rf/c1-13-8(12)5-2-3-6-7(4-5)10-11-9-6;/h2-4H,1H2,(H,9,10,11);/q-1;. The predicted molar refractivity (Wildman–Crippen MR) is 44.7 cm³/mol. The van der Waals surface area contributed by atoms with Gasteiger partial charge in [-0.3, -0.25) is 0 Å². The number of esters is 1. The molecule has 68 valence electrons. The summed E-state index contributed by atoms with van der Waals surface area (Å²) in [5.74, 6) is -0.482. The van der Waals surface area contributed by atoms with Crippen molar-refractivity contribution in [2.45, 2.75) is 0 Å². The minimum atomic E-state index is -0.482. The Morgan fingerprint density at radius 1 is 1.36 bits per heavy atom. The topological polar surface area (TPSA) is 67.9 Å². The first kappa shape index (κ1) is 9.18. The van der Waals surface area contributed by atoms with Crippen LogP contribution in [0.5, 0.6) is 0 Å². The van der Waals surface area contributed by atoms with Crippen molar-refractivity contribution >= 4 is 17.0 Å². The number of aromatic nitrogens is 3. The molecule has 1 N–H and O–H groups in total. The molecule has 5 nitrogen and oxygen atoms in total. The SMILES string of the molecule is [CH2-]OC(=O)c1ccc2n[nH]nc2c1.[Rf]. The summed E-state index contributed by atoms with van der Waals surface area (Å²) >= 11 is 0. The van der Waals surface area contributed by atoms with Crippen molar-refractivity contribution < 1.29 is 9.53 Å². The van der Waals surface area contributed by atoms with Crippen LogP contribution < -0.4 is 0 Å². The summed E-state index contributed by atoms with van der Waals surface area (Å²) in [6.45, 7) is 0. The van der Waals surface area contributed by atoms with E-state index >= 15 is 0 Å². The summed E-state index contributed by atoms with van der Waals surface area (Å²) < 4.78 is 4.31. The molecule has 2 aromatic rings. The molecule has 0 atom stereocenters. The first-order valence-electron chi connectivity index (χ1n) is 3.58. The van der Waals surface area contributed by atoms with Crippen LogP contribution in [-0.4, -0.2) is 21.4 Å². The van der Waals surface area contributed by atoms with Crippen LogP contribution in [-0.2, 0) is 4.74 Å². The number of fused-ring (bicyclic) bond motifs is 1. The van der Waals surface area contributed by atoms with E-state index in [1.165, 1.54) is 0 Å². The van der Waals surface area contributed by atoms with Gasteiger partial charge >= 0.3 is 5.97 Å². The third-order valence-electron chi connectivity index (χ3n) is 1.68. The van der Waals surface area contributed by atoms with E-state index in [4.69, 9.17) is 0 Å². The van der Waals surface area contributed by atoms with Crippen molar-refractivity contribution in [3.8, 4) is 0 Å². The number of carbonyl (C=O) groups is 1. The number of aromatic amines is 1. The van der Waals surface area contributed by atoms with Gasteiger partial charge in [-0.2, -0.15) is 22.5 Å². The number of nitrogens with zero attached hydrogens (tertiary/aromatic N) is 2. The number of hydrogen-bond acceptors (Lipinski definition) is 4. The van der Waals surface area contributed by atoms with Gasteiger partial charge in [0.15, 0.2) is 0 Å². The van der Waals surface area contributed by atoms with E-state index in [1.807, 2.05) is 0 Å². The van der Waals surface area contributed by atoms with Gasteiger partial charge in [-0.05, 0) is 18.2 Å².